The summed E-state index contributed by atoms with van der Waals surface area (Å²) in [7, 11) is 0.239. The number of ether oxygens (including phenoxy) is 2. The summed E-state index contributed by atoms with van der Waals surface area (Å²) in [5.74, 6) is -5.62. The molecule has 0 radical (unpaired) electrons. The van der Waals surface area contributed by atoms with Gasteiger partial charge in [0.1, 0.15) is 0 Å². The second kappa shape index (κ2) is 4.62. The van der Waals surface area contributed by atoms with E-state index in [-0.39, 0.29) is 25.2 Å². The highest BCUT2D eigenvalue weighted by Crippen LogP contribution is 2.47. The van der Waals surface area contributed by atoms with E-state index in [0.717, 1.165) is 0 Å². The lowest BCUT2D eigenvalue weighted by atomic mass is 10.2. The highest BCUT2D eigenvalue weighted by Gasteiger charge is 2.74. The first-order valence-corrected chi connectivity index (χ1v) is 4.68. The van der Waals surface area contributed by atoms with Crippen LogP contribution in [0.5, 0.6) is 0 Å². The van der Waals surface area contributed by atoms with Gasteiger partial charge in [0.2, 0.25) is 0 Å². The van der Waals surface area contributed by atoms with Crippen LogP contribution >= 0.6 is 0 Å². The Morgan fingerprint density at radius 1 is 1.00 bits per heavy atom. The fourth-order valence-corrected chi connectivity index (χ4v) is 1.35. The molecule has 1 aliphatic heterocycles. The van der Waals surface area contributed by atoms with Crippen molar-refractivity contribution in [3.8, 4) is 0 Å². The zero-order chi connectivity index (χ0) is 13.3. The highest BCUT2D eigenvalue weighted by atomic mass is 19.4. The molecular weight excluding hydrogens is 256 g/mol. The van der Waals surface area contributed by atoms with Crippen LogP contribution in [0.1, 0.15) is 0 Å². The molecule has 0 spiro atoms. The number of hydrogen-bond donors (Lipinski definition) is 0. The average Bonchev–Trinajstić information content (AvgIpc) is 2.29. The van der Waals surface area contributed by atoms with Gasteiger partial charge < -0.3 is 9.47 Å². The molecule has 3 nitrogen and oxygen atoms in total. The molecule has 0 saturated carbocycles. The summed E-state index contributed by atoms with van der Waals surface area (Å²) in [4.78, 5) is -0.0383. The predicted molar refractivity (Wildman–Crippen MR) is 44.2 cm³/mol. The maximum absolute atomic E-state index is 13.3. The van der Waals surface area contributed by atoms with Gasteiger partial charge >= 0.3 is 18.1 Å². The second-order valence-electron chi connectivity index (χ2n) is 3.44. The van der Waals surface area contributed by atoms with E-state index in [9.17, 15) is 26.3 Å². The first kappa shape index (κ1) is 14.5. The van der Waals surface area contributed by atoms with Gasteiger partial charge in [-0.1, -0.05) is 0 Å². The molecule has 1 rings (SSSR count). The molecule has 0 amide bonds. The molecule has 0 aromatic heterocycles. The summed E-state index contributed by atoms with van der Waals surface area (Å²) in [6.45, 7) is -1.54. The molecule has 9 heteroatoms. The Balaban J connectivity index is 2.94. The van der Waals surface area contributed by atoms with Gasteiger partial charge in [-0.25, -0.2) is 4.90 Å². The van der Waals surface area contributed by atoms with E-state index in [1.165, 1.54) is 0 Å². The van der Waals surface area contributed by atoms with Crippen molar-refractivity contribution in [2.45, 2.75) is 18.1 Å². The monoisotopic (exact) mass is 267 g/mol. The minimum Gasteiger partial charge on any atom is -0.379 e. The van der Waals surface area contributed by atoms with Crippen LogP contribution in [0, 0.1) is 0 Å². The molecule has 0 aromatic rings. The Hall–Kier alpha value is -0.540. The average molecular weight is 267 g/mol. The molecule has 1 aliphatic rings. The van der Waals surface area contributed by atoms with E-state index in [0.29, 0.717) is 0 Å². The minimum absolute atomic E-state index is 0.0383. The van der Waals surface area contributed by atoms with Gasteiger partial charge in [-0.15, -0.1) is 0 Å². The molecule has 1 heterocycles. The minimum atomic E-state index is -5.62. The molecule has 0 aliphatic carbocycles. The summed E-state index contributed by atoms with van der Waals surface area (Å²) in [5.41, 5.74) is 0. The number of alkyl halides is 6. The molecule has 0 atom stereocenters. The molecule has 17 heavy (non-hydrogen) atoms. The number of hydrogen-bond acceptors (Lipinski definition) is 3. The summed E-state index contributed by atoms with van der Waals surface area (Å²) >= 11 is 0. The largest absolute Gasteiger partial charge is 0.427 e. The second-order valence-corrected chi connectivity index (χ2v) is 3.44. The van der Waals surface area contributed by atoms with Crippen LogP contribution in [0.4, 0.5) is 26.3 Å². The standard InChI is InChI=1S/C8H11F6NO2/c1-16-8(13,14)6(9,10)7(11,12)15-2-4-17-5-3-15/h2-5H2,1H3. The Labute approximate surface area is 93.3 Å². The molecule has 0 aromatic carbocycles. The third-order valence-electron chi connectivity index (χ3n) is 2.41. The third kappa shape index (κ3) is 2.36. The smallest absolute Gasteiger partial charge is 0.379 e. The zero-order valence-corrected chi connectivity index (χ0v) is 8.86. The van der Waals surface area contributed by atoms with Crippen LogP contribution in [-0.2, 0) is 9.47 Å². The van der Waals surface area contributed by atoms with Crippen molar-refractivity contribution in [2.24, 2.45) is 0 Å². The first-order valence-electron chi connectivity index (χ1n) is 4.68. The fourth-order valence-electron chi connectivity index (χ4n) is 1.35. The van der Waals surface area contributed by atoms with Crippen molar-refractivity contribution in [2.75, 3.05) is 33.4 Å². The third-order valence-corrected chi connectivity index (χ3v) is 2.41. The number of rotatable bonds is 4. The molecular formula is C8H11F6NO2. The summed E-state index contributed by atoms with van der Waals surface area (Å²) < 4.78 is 86.0. The van der Waals surface area contributed by atoms with Crippen LogP contribution in [0.3, 0.4) is 0 Å². The lowest BCUT2D eigenvalue weighted by Crippen LogP contribution is -2.64. The molecule has 102 valence electrons. The van der Waals surface area contributed by atoms with Crippen LogP contribution in [0.15, 0.2) is 0 Å². The highest BCUT2D eigenvalue weighted by molar-refractivity contribution is 4.92. The SMILES string of the molecule is COC(F)(F)C(F)(F)C(F)(F)N1CCOCC1. The lowest BCUT2D eigenvalue weighted by molar-refractivity contribution is -0.420. The summed E-state index contributed by atoms with van der Waals surface area (Å²) in [5, 5.41) is 0. The topological polar surface area (TPSA) is 21.7 Å². The molecule has 1 fully saturated rings. The maximum Gasteiger partial charge on any atom is 0.427 e. The van der Waals surface area contributed by atoms with Crippen LogP contribution in [0.25, 0.3) is 0 Å². The van der Waals surface area contributed by atoms with E-state index >= 15 is 0 Å². The summed E-state index contributed by atoms with van der Waals surface area (Å²) in [6, 6.07) is -5.00. The van der Waals surface area contributed by atoms with Crippen LogP contribution in [0.2, 0.25) is 0 Å². The van der Waals surface area contributed by atoms with Crippen molar-refractivity contribution in [3.63, 3.8) is 0 Å². The number of halogens is 6. The quantitative estimate of drug-likeness (QED) is 0.572. The van der Waals surface area contributed by atoms with Crippen LogP contribution in [-0.4, -0.2) is 56.4 Å². The molecule has 0 N–H and O–H groups in total. The van der Waals surface area contributed by atoms with E-state index in [1.54, 1.807) is 0 Å². The van der Waals surface area contributed by atoms with Crippen molar-refractivity contribution in [1.29, 1.82) is 0 Å². The summed E-state index contributed by atoms with van der Waals surface area (Å²) in [6.07, 6.45) is -5.24. The first-order chi connectivity index (χ1) is 7.67. The number of methoxy groups -OCH3 is 1. The van der Waals surface area contributed by atoms with Gasteiger partial charge in [0.15, 0.2) is 0 Å². The van der Waals surface area contributed by atoms with Crippen molar-refractivity contribution in [3.05, 3.63) is 0 Å². The molecule has 0 unspecified atom stereocenters. The Kier molecular flexibility index (Phi) is 3.94. The normalized spacial score (nSPS) is 20.6. The van der Waals surface area contributed by atoms with Gasteiger partial charge in [0.25, 0.3) is 0 Å². The van der Waals surface area contributed by atoms with Gasteiger partial charge in [-0.2, -0.15) is 26.3 Å². The Morgan fingerprint density at radius 2 is 1.47 bits per heavy atom. The van der Waals surface area contributed by atoms with E-state index in [4.69, 9.17) is 0 Å². The fraction of sp³-hybridized carbons (Fsp3) is 1.00. The van der Waals surface area contributed by atoms with E-state index in [2.05, 4.69) is 9.47 Å². The van der Waals surface area contributed by atoms with E-state index in [1.807, 2.05) is 0 Å². The Bertz CT molecular complexity index is 267. The van der Waals surface area contributed by atoms with E-state index < -0.39 is 31.2 Å². The number of morpholine rings is 1. The Morgan fingerprint density at radius 3 is 1.88 bits per heavy atom. The van der Waals surface area contributed by atoms with Crippen LogP contribution < -0.4 is 0 Å². The number of nitrogens with zero attached hydrogens (tertiary/aromatic N) is 1. The maximum atomic E-state index is 13.3. The molecule has 0 bridgehead atoms. The molecule has 1 saturated heterocycles. The van der Waals surface area contributed by atoms with Gasteiger partial charge in [0, 0.05) is 20.2 Å². The zero-order valence-electron chi connectivity index (χ0n) is 8.86. The predicted octanol–water partition coefficient (Wildman–Crippen LogP) is 1.79. The van der Waals surface area contributed by atoms with Crippen molar-refractivity contribution in [1.82, 2.24) is 4.90 Å². The van der Waals surface area contributed by atoms with Gasteiger partial charge in [0.05, 0.1) is 13.2 Å². The van der Waals surface area contributed by atoms with Gasteiger partial charge in [-0.3, -0.25) is 0 Å². The van der Waals surface area contributed by atoms with Gasteiger partial charge in [-0.05, 0) is 0 Å². The van der Waals surface area contributed by atoms with Crippen molar-refractivity contribution >= 4 is 0 Å². The lowest BCUT2D eigenvalue weighted by Gasteiger charge is -2.39. The van der Waals surface area contributed by atoms with Crippen molar-refractivity contribution < 1.29 is 35.8 Å².